The smallest absolute Gasteiger partial charge is 0.258 e. The Morgan fingerprint density at radius 1 is 1.13 bits per heavy atom. The first kappa shape index (κ1) is 20.8. The Morgan fingerprint density at radius 2 is 1.93 bits per heavy atom. The number of nitrogens with zero attached hydrogens (tertiary/aromatic N) is 1. The SMILES string of the molecule is C[C@@H]1CCCN(c2ccc([C@@H](C)NC(=O)COc3cccc4c3CCCC4)cc2)C1. The average molecular weight is 407 g/mol. The molecule has 1 aliphatic heterocycles. The zero-order valence-electron chi connectivity index (χ0n) is 18.3. The number of ether oxygens (including phenoxy) is 1. The summed E-state index contributed by atoms with van der Waals surface area (Å²) in [5.41, 5.74) is 5.05. The first-order valence-electron chi connectivity index (χ1n) is 11.5. The van der Waals surface area contributed by atoms with E-state index < -0.39 is 0 Å². The average Bonchev–Trinajstić information content (AvgIpc) is 2.77. The van der Waals surface area contributed by atoms with Gasteiger partial charge < -0.3 is 15.0 Å². The lowest BCUT2D eigenvalue weighted by Crippen LogP contribution is -2.34. The molecule has 0 aromatic heterocycles. The number of rotatable bonds is 6. The molecule has 0 radical (unpaired) electrons. The lowest BCUT2D eigenvalue weighted by atomic mass is 9.91. The molecule has 2 aromatic rings. The van der Waals surface area contributed by atoms with E-state index in [1.54, 1.807) is 0 Å². The van der Waals surface area contributed by atoms with Crippen LogP contribution in [0.1, 0.15) is 62.3 Å². The fourth-order valence-electron chi connectivity index (χ4n) is 4.79. The van der Waals surface area contributed by atoms with Crippen molar-refractivity contribution >= 4 is 11.6 Å². The van der Waals surface area contributed by atoms with Crippen LogP contribution in [0.5, 0.6) is 5.75 Å². The van der Waals surface area contributed by atoms with Gasteiger partial charge in [-0.15, -0.1) is 0 Å². The molecule has 2 atom stereocenters. The maximum atomic E-state index is 12.5. The van der Waals surface area contributed by atoms with Crippen LogP contribution >= 0.6 is 0 Å². The van der Waals surface area contributed by atoms with Crippen molar-refractivity contribution in [2.24, 2.45) is 5.92 Å². The number of piperidine rings is 1. The van der Waals surface area contributed by atoms with Gasteiger partial charge in [0.25, 0.3) is 5.91 Å². The van der Waals surface area contributed by atoms with Crippen LogP contribution < -0.4 is 15.0 Å². The van der Waals surface area contributed by atoms with E-state index in [0.717, 1.165) is 43.2 Å². The second kappa shape index (κ2) is 9.55. The van der Waals surface area contributed by atoms with Crippen LogP contribution in [0.3, 0.4) is 0 Å². The summed E-state index contributed by atoms with van der Waals surface area (Å²) in [5.74, 6) is 1.55. The number of carbonyl (C=O) groups is 1. The largest absolute Gasteiger partial charge is 0.483 e. The van der Waals surface area contributed by atoms with Gasteiger partial charge in [0.2, 0.25) is 0 Å². The molecular weight excluding hydrogens is 372 g/mol. The molecule has 4 nitrogen and oxygen atoms in total. The van der Waals surface area contributed by atoms with Crippen LogP contribution in [0.25, 0.3) is 0 Å². The molecule has 2 aliphatic rings. The van der Waals surface area contributed by atoms with Crippen LogP contribution in [-0.2, 0) is 17.6 Å². The molecule has 4 rings (SSSR count). The van der Waals surface area contributed by atoms with Gasteiger partial charge in [-0.1, -0.05) is 31.2 Å². The van der Waals surface area contributed by atoms with E-state index in [1.165, 1.54) is 42.5 Å². The maximum absolute atomic E-state index is 12.5. The van der Waals surface area contributed by atoms with Gasteiger partial charge >= 0.3 is 0 Å². The van der Waals surface area contributed by atoms with E-state index in [0.29, 0.717) is 0 Å². The fourth-order valence-corrected chi connectivity index (χ4v) is 4.79. The predicted molar refractivity (Wildman–Crippen MR) is 122 cm³/mol. The Kier molecular flexibility index (Phi) is 6.61. The molecule has 1 N–H and O–H groups in total. The summed E-state index contributed by atoms with van der Waals surface area (Å²) < 4.78 is 5.89. The lowest BCUT2D eigenvalue weighted by Gasteiger charge is -2.33. The number of aryl methyl sites for hydroxylation is 1. The van der Waals surface area contributed by atoms with Crippen LogP contribution in [0, 0.1) is 5.92 Å². The third-order valence-electron chi connectivity index (χ3n) is 6.50. The van der Waals surface area contributed by atoms with Gasteiger partial charge in [0, 0.05) is 18.8 Å². The zero-order valence-corrected chi connectivity index (χ0v) is 18.3. The highest BCUT2D eigenvalue weighted by atomic mass is 16.5. The van der Waals surface area contributed by atoms with Crippen molar-refractivity contribution in [3.05, 3.63) is 59.2 Å². The van der Waals surface area contributed by atoms with Gasteiger partial charge in [0.15, 0.2) is 6.61 Å². The number of anilines is 1. The highest BCUT2D eigenvalue weighted by Crippen LogP contribution is 2.29. The summed E-state index contributed by atoms with van der Waals surface area (Å²) in [6.07, 6.45) is 7.19. The van der Waals surface area contributed by atoms with E-state index in [-0.39, 0.29) is 18.6 Å². The van der Waals surface area contributed by atoms with Gasteiger partial charge in [0.05, 0.1) is 6.04 Å². The molecule has 1 heterocycles. The Hall–Kier alpha value is -2.49. The molecule has 30 heavy (non-hydrogen) atoms. The zero-order chi connectivity index (χ0) is 20.9. The minimum atomic E-state index is -0.0788. The molecule has 160 valence electrons. The Labute approximate surface area is 180 Å². The first-order chi connectivity index (χ1) is 14.6. The van der Waals surface area contributed by atoms with Crippen molar-refractivity contribution < 1.29 is 9.53 Å². The third-order valence-corrected chi connectivity index (χ3v) is 6.50. The van der Waals surface area contributed by atoms with E-state index in [1.807, 2.05) is 19.1 Å². The summed E-state index contributed by atoms with van der Waals surface area (Å²) in [5, 5.41) is 3.08. The van der Waals surface area contributed by atoms with Crippen LogP contribution in [0.4, 0.5) is 5.69 Å². The second-order valence-electron chi connectivity index (χ2n) is 8.96. The Balaban J connectivity index is 1.30. The summed E-state index contributed by atoms with van der Waals surface area (Å²) in [6.45, 7) is 6.68. The molecular formula is C26H34N2O2. The number of nitrogens with one attached hydrogen (secondary N) is 1. The normalized spacial score (nSPS) is 19.7. The molecule has 0 unspecified atom stereocenters. The van der Waals surface area contributed by atoms with Gasteiger partial charge in [0.1, 0.15) is 5.75 Å². The van der Waals surface area contributed by atoms with E-state index in [4.69, 9.17) is 4.74 Å². The number of benzene rings is 2. The molecule has 0 saturated carbocycles. The van der Waals surface area contributed by atoms with E-state index >= 15 is 0 Å². The molecule has 1 saturated heterocycles. The van der Waals surface area contributed by atoms with Gasteiger partial charge in [-0.3, -0.25) is 4.79 Å². The predicted octanol–water partition coefficient (Wildman–Crippen LogP) is 5.06. The van der Waals surface area contributed by atoms with Crippen molar-refractivity contribution in [1.82, 2.24) is 5.32 Å². The maximum Gasteiger partial charge on any atom is 0.258 e. The third kappa shape index (κ3) is 4.97. The molecule has 4 heteroatoms. The Morgan fingerprint density at radius 3 is 2.73 bits per heavy atom. The van der Waals surface area contributed by atoms with Crippen LogP contribution in [-0.4, -0.2) is 25.6 Å². The summed E-state index contributed by atoms with van der Waals surface area (Å²) >= 11 is 0. The molecule has 0 spiro atoms. The Bertz CT molecular complexity index is 862. The van der Waals surface area contributed by atoms with E-state index in [9.17, 15) is 4.79 Å². The minimum absolute atomic E-state index is 0.0416. The number of fused-ring (bicyclic) bond motifs is 1. The molecule has 0 bridgehead atoms. The quantitative estimate of drug-likeness (QED) is 0.729. The number of hydrogen-bond acceptors (Lipinski definition) is 3. The van der Waals surface area contributed by atoms with Crippen molar-refractivity contribution in [2.75, 3.05) is 24.6 Å². The van der Waals surface area contributed by atoms with Crippen molar-refractivity contribution in [2.45, 2.75) is 58.4 Å². The van der Waals surface area contributed by atoms with Crippen LogP contribution in [0.15, 0.2) is 42.5 Å². The summed E-state index contributed by atoms with van der Waals surface area (Å²) in [6, 6.07) is 14.8. The topological polar surface area (TPSA) is 41.6 Å². The minimum Gasteiger partial charge on any atom is -0.483 e. The standard InChI is InChI=1S/C26H34N2O2/c1-19-7-6-16-28(17-19)23-14-12-21(13-15-23)20(2)27-26(29)18-30-25-11-5-9-22-8-3-4-10-24(22)25/h5,9,11-15,19-20H,3-4,6-8,10,16-18H2,1-2H3,(H,27,29)/t19-,20-/m1/s1. The van der Waals surface area contributed by atoms with Crippen molar-refractivity contribution in [3.8, 4) is 5.75 Å². The van der Waals surface area contributed by atoms with Gasteiger partial charge in [-0.2, -0.15) is 0 Å². The summed E-state index contributed by atoms with van der Waals surface area (Å²) in [7, 11) is 0. The monoisotopic (exact) mass is 406 g/mol. The number of carbonyl (C=O) groups excluding carboxylic acids is 1. The first-order valence-corrected chi connectivity index (χ1v) is 11.5. The van der Waals surface area contributed by atoms with E-state index in [2.05, 4.69) is 47.5 Å². The van der Waals surface area contributed by atoms with Gasteiger partial charge in [-0.25, -0.2) is 0 Å². The fraction of sp³-hybridized carbons (Fsp3) is 0.500. The highest BCUT2D eigenvalue weighted by molar-refractivity contribution is 5.78. The molecule has 2 aromatic carbocycles. The number of amides is 1. The van der Waals surface area contributed by atoms with Gasteiger partial charge in [-0.05, 0) is 86.3 Å². The summed E-state index contributed by atoms with van der Waals surface area (Å²) in [4.78, 5) is 14.9. The molecule has 1 amide bonds. The van der Waals surface area contributed by atoms with Crippen molar-refractivity contribution in [1.29, 1.82) is 0 Å². The number of hydrogen-bond donors (Lipinski definition) is 1. The lowest BCUT2D eigenvalue weighted by molar-refractivity contribution is -0.123. The van der Waals surface area contributed by atoms with Crippen LogP contribution in [0.2, 0.25) is 0 Å². The molecule has 1 aliphatic carbocycles. The molecule has 1 fully saturated rings. The second-order valence-corrected chi connectivity index (χ2v) is 8.96. The highest BCUT2D eigenvalue weighted by Gasteiger charge is 2.18. The van der Waals surface area contributed by atoms with Crippen molar-refractivity contribution in [3.63, 3.8) is 0 Å².